The largest absolute Gasteiger partial charge is 0.312 e. The Morgan fingerprint density at radius 2 is 1.94 bits per heavy atom. The quantitative estimate of drug-likeness (QED) is 0.848. The van der Waals surface area contributed by atoms with E-state index in [1.807, 2.05) is 18.4 Å². The maximum atomic E-state index is 3.40. The first-order chi connectivity index (χ1) is 7.81. The Labute approximate surface area is 101 Å². The summed E-state index contributed by atoms with van der Waals surface area (Å²) in [5, 5.41) is 5.57. The minimum Gasteiger partial charge on any atom is -0.312 e. The molecule has 0 saturated heterocycles. The highest BCUT2D eigenvalue weighted by molar-refractivity contribution is 7.10. The van der Waals surface area contributed by atoms with E-state index in [9.17, 15) is 0 Å². The second-order valence-electron chi connectivity index (χ2n) is 4.00. The molecule has 0 fully saturated rings. The molecule has 0 saturated carbocycles. The maximum Gasteiger partial charge on any atom is 0.0455 e. The fraction of sp³-hybridized carbons (Fsp3) is 0.286. The van der Waals surface area contributed by atoms with Crippen LogP contribution in [0.25, 0.3) is 0 Å². The molecule has 1 N–H and O–H groups in total. The predicted octanol–water partition coefficient (Wildman–Crippen LogP) is 3.56. The minimum atomic E-state index is 0.433. The van der Waals surface area contributed by atoms with E-state index in [0.717, 1.165) is 6.42 Å². The van der Waals surface area contributed by atoms with Gasteiger partial charge in [-0.2, -0.15) is 0 Å². The summed E-state index contributed by atoms with van der Waals surface area (Å²) in [5.74, 6) is 0. The first-order valence-corrected chi connectivity index (χ1v) is 6.44. The average molecular weight is 231 g/mol. The maximum absolute atomic E-state index is 3.40. The van der Waals surface area contributed by atoms with Gasteiger partial charge in [0.25, 0.3) is 0 Å². The van der Waals surface area contributed by atoms with Gasteiger partial charge in [-0.1, -0.05) is 30.3 Å². The molecule has 0 aliphatic carbocycles. The van der Waals surface area contributed by atoms with Gasteiger partial charge in [0.15, 0.2) is 0 Å². The number of nitrogens with one attached hydrogen (secondary N) is 1. The van der Waals surface area contributed by atoms with Gasteiger partial charge in [-0.3, -0.25) is 0 Å². The second-order valence-corrected chi connectivity index (χ2v) is 4.95. The van der Waals surface area contributed by atoms with E-state index in [1.165, 1.54) is 16.0 Å². The summed E-state index contributed by atoms with van der Waals surface area (Å²) in [6, 6.07) is 13.3. The van der Waals surface area contributed by atoms with Crippen molar-refractivity contribution in [1.82, 2.24) is 5.32 Å². The summed E-state index contributed by atoms with van der Waals surface area (Å²) < 4.78 is 0. The summed E-state index contributed by atoms with van der Waals surface area (Å²) in [5.41, 5.74) is 2.77. The number of hydrogen-bond acceptors (Lipinski definition) is 2. The molecular formula is C14H17NS. The van der Waals surface area contributed by atoms with Crippen LogP contribution in [0.3, 0.4) is 0 Å². The number of aryl methyl sites for hydroxylation is 1. The van der Waals surface area contributed by atoms with E-state index in [2.05, 4.69) is 54.0 Å². The van der Waals surface area contributed by atoms with Crippen molar-refractivity contribution < 1.29 is 0 Å². The molecule has 84 valence electrons. The highest BCUT2D eigenvalue weighted by Crippen LogP contribution is 2.26. The van der Waals surface area contributed by atoms with E-state index in [-0.39, 0.29) is 0 Å². The Morgan fingerprint density at radius 3 is 2.50 bits per heavy atom. The highest BCUT2D eigenvalue weighted by atomic mass is 32.1. The lowest BCUT2D eigenvalue weighted by atomic mass is 10.0. The summed E-state index contributed by atoms with van der Waals surface area (Å²) >= 11 is 1.84. The van der Waals surface area contributed by atoms with Gasteiger partial charge >= 0.3 is 0 Å². The zero-order chi connectivity index (χ0) is 11.4. The van der Waals surface area contributed by atoms with Crippen molar-refractivity contribution in [3.8, 4) is 0 Å². The van der Waals surface area contributed by atoms with Gasteiger partial charge in [-0.25, -0.2) is 0 Å². The minimum absolute atomic E-state index is 0.433. The van der Waals surface area contributed by atoms with Crippen LogP contribution in [0.15, 0.2) is 41.8 Å². The van der Waals surface area contributed by atoms with Crippen molar-refractivity contribution in [2.24, 2.45) is 0 Å². The third-order valence-electron chi connectivity index (χ3n) is 2.85. The number of benzene rings is 1. The van der Waals surface area contributed by atoms with Gasteiger partial charge in [-0.15, -0.1) is 11.3 Å². The van der Waals surface area contributed by atoms with Crippen LogP contribution in [-0.2, 0) is 6.42 Å². The van der Waals surface area contributed by atoms with Crippen LogP contribution in [-0.4, -0.2) is 7.05 Å². The second kappa shape index (κ2) is 5.28. The summed E-state index contributed by atoms with van der Waals surface area (Å²) in [6.45, 7) is 2.18. The summed E-state index contributed by atoms with van der Waals surface area (Å²) in [4.78, 5) is 1.45. The Hall–Kier alpha value is -1.12. The van der Waals surface area contributed by atoms with E-state index >= 15 is 0 Å². The monoisotopic (exact) mass is 231 g/mol. The first-order valence-electron chi connectivity index (χ1n) is 5.56. The third kappa shape index (κ3) is 2.52. The molecule has 0 radical (unpaired) electrons. The lowest BCUT2D eigenvalue weighted by molar-refractivity contribution is 0.599. The molecule has 1 atom stereocenters. The third-order valence-corrected chi connectivity index (χ3v) is 3.98. The topological polar surface area (TPSA) is 12.0 Å². The van der Waals surface area contributed by atoms with Crippen LogP contribution in [0, 0.1) is 6.92 Å². The predicted molar refractivity (Wildman–Crippen MR) is 71.0 cm³/mol. The highest BCUT2D eigenvalue weighted by Gasteiger charge is 2.13. The molecule has 2 aromatic rings. The van der Waals surface area contributed by atoms with Crippen LogP contribution < -0.4 is 5.32 Å². The van der Waals surface area contributed by atoms with E-state index < -0.39 is 0 Å². The Balaban J connectivity index is 2.16. The van der Waals surface area contributed by atoms with E-state index in [0.29, 0.717) is 6.04 Å². The van der Waals surface area contributed by atoms with Crippen molar-refractivity contribution in [2.45, 2.75) is 19.4 Å². The molecule has 1 aromatic heterocycles. The molecule has 0 aliphatic heterocycles. The van der Waals surface area contributed by atoms with Gasteiger partial charge < -0.3 is 5.32 Å². The number of thiophene rings is 1. The van der Waals surface area contributed by atoms with Crippen molar-refractivity contribution in [2.75, 3.05) is 7.05 Å². The van der Waals surface area contributed by atoms with Crippen LogP contribution in [0.2, 0.25) is 0 Å². The van der Waals surface area contributed by atoms with Crippen LogP contribution in [0.4, 0.5) is 0 Å². The van der Waals surface area contributed by atoms with Crippen LogP contribution in [0.5, 0.6) is 0 Å². The van der Waals surface area contributed by atoms with Gasteiger partial charge in [0.1, 0.15) is 0 Å². The van der Waals surface area contributed by atoms with Gasteiger partial charge in [0.05, 0.1) is 0 Å². The zero-order valence-corrected chi connectivity index (χ0v) is 10.6. The molecule has 1 unspecified atom stereocenters. The van der Waals surface area contributed by atoms with E-state index in [1.54, 1.807) is 0 Å². The van der Waals surface area contributed by atoms with Crippen LogP contribution in [0.1, 0.15) is 22.0 Å². The molecule has 1 heterocycles. The Kier molecular flexibility index (Phi) is 3.75. The molecule has 0 amide bonds. The molecule has 0 bridgehead atoms. The SMILES string of the molecule is CNC(Cc1ccccc1)c1sccc1C. The van der Waals surface area contributed by atoms with Crippen molar-refractivity contribution >= 4 is 11.3 Å². The lowest BCUT2D eigenvalue weighted by Crippen LogP contribution is -2.18. The van der Waals surface area contributed by atoms with Crippen molar-refractivity contribution in [3.63, 3.8) is 0 Å². The fourth-order valence-electron chi connectivity index (χ4n) is 1.92. The Bertz CT molecular complexity index is 433. The van der Waals surface area contributed by atoms with Gasteiger partial charge in [0.2, 0.25) is 0 Å². The summed E-state index contributed by atoms with van der Waals surface area (Å²) in [6.07, 6.45) is 1.05. The fourth-order valence-corrected chi connectivity index (χ4v) is 2.96. The molecule has 16 heavy (non-hydrogen) atoms. The molecule has 2 heteroatoms. The smallest absolute Gasteiger partial charge is 0.0455 e. The average Bonchev–Trinajstić information content (AvgIpc) is 2.74. The van der Waals surface area contributed by atoms with Gasteiger partial charge in [0, 0.05) is 10.9 Å². The van der Waals surface area contributed by atoms with E-state index in [4.69, 9.17) is 0 Å². The number of likely N-dealkylation sites (N-methyl/N-ethyl adjacent to an activating group) is 1. The van der Waals surface area contributed by atoms with Crippen LogP contribution >= 0.6 is 11.3 Å². The number of rotatable bonds is 4. The standard InChI is InChI=1S/C14H17NS/c1-11-8-9-16-14(11)13(15-2)10-12-6-4-3-5-7-12/h3-9,13,15H,10H2,1-2H3. The zero-order valence-electron chi connectivity index (χ0n) is 9.73. The first kappa shape index (κ1) is 11.4. The molecule has 0 aliphatic rings. The molecule has 2 rings (SSSR count). The number of hydrogen-bond donors (Lipinski definition) is 1. The van der Waals surface area contributed by atoms with Crippen molar-refractivity contribution in [3.05, 3.63) is 57.8 Å². The molecule has 1 aromatic carbocycles. The lowest BCUT2D eigenvalue weighted by Gasteiger charge is -2.15. The van der Waals surface area contributed by atoms with Crippen molar-refractivity contribution in [1.29, 1.82) is 0 Å². The van der Waals surface area contributed by atoms with Gasteiger partial charge in [-0.05, 0) is 43.0 Å². The molecule has 0 spiro atoms. The Morgan fingerprint density at radius 1 is 1.19 bits per heavy atom. The summed E-state index contributed by atoms with van der Waals surface area (Å²) in [7, 11) is 2.03. The molecular weight excluding hydrogens is 214 g/mol. The molecule has 1 nitrogen and oxygen atoms in total. The normalized spacial score (nSPS) is 12.6.